The van der Waals surface area contributed by atoms with Crippen LogP contribution in [-0.2, 0) is 4.79 Å². The number of hydrogen-bond donors (Lipinski definition) is 1. The van der Waals surface area contributed by atoms with E-state index in [0.717, 1.165) is 11.8 Å². The fraction of sp³-hybridized carbons (Fsp3) is 0.130. The Morgan fingerprint density at radius 3 is 2.76 bits per heavy atom. The van der Waals surface area contributed by atoms with Crippen LogP contribution in [-0.4, -0.2) is 40.4 Å². The molecule has 2 aromatic heterocycles. The molecule has 0 aliphatic heterocycles. The van der Waals surface area contributed by atoms with Crippen LogP contribution in [0.4, 0.5) is 5.69 Å². The molecule has 4 aromatic rings. The molecule has 168 valence electrons. The maximum Gasteiger partial charge on any atom is 0.268 e. The average molecular weight is 483 g/mol. The lowest BCUT2D eigenvalue weighted by Gasteiger charge is -2.14. The zero-order valence-corrected chi connectivity index (χ0v) is 19.3. The minimum Gasteiger partial charge on any atom is -0.497 e. The topological polar surface area (TPSA) is 95.3 Å². The minimum absolute atomic E-state index is 0.00951. The molecule has 1 amide bonds. The number of methoxy groups -OCH3 is 2. The van der Waals surface area contributed by atoms with Crippen molar-refractivity contribution in [3.05, 3.63) is 76.2 Å². The van der Waals surface area contributed by atoms with Gasteiger partial charge in [0.05, 0.1) is 36.7 Å². The molecule has 0 spiro atoms. The highest BCUT2D eigenvalue weighted by atomic mass is 35.5. The van der Waals surface area contributed by atoms with Crippen LogP contribution in [0.15, 0.2) is 70.7 Å². The second-order valence-electron chi connectivity index (χ2n) is 6.79. The molecule has 4 rings (SSSR count). The number of amides is 1. The number of anilines is 1. The van der Waals surface area contributed by atoms with E-state index < -0.39 is 0 Å². The van der Waals surface area contributed by atoms with Crippen molar-refractivity contribution < 1.29 is 14.3 Å². The highest BCUT2D eigenvalue weighted by Crippen LogP contribution is 2.28. The predicted molar refractivity (Wildman–Crippen MR) is 129 cm³/mol. The van der Waals surface area contributed by atoms with Crippen LogP contribution in [0.2, 0.25) is 5.02 Å². The second-order valence-corrected chi connectivity index (χ2v) is 8.17. The number of fused-ring (bicyclic) bond motifs is 1. The normalized spacial score (nSPS) is 10.8. The summed E-state index contributed by atoms with van der Waals surface area (Å²) in [5.41, 5.74) is 1.03. The number of hydrogen-bond acceptors (Lipinski definition) is 7. The first kappa shape index (κ1) is 22.6. The first-order chi connectivity index (χ1) is 16.0. The van der Waals surface area contributed by atoms with Crippen molar-refractivity contribution in [1.29, 1.82) is 0 Å². The van der Waals surface area contributed by atoms with Crippen molar-refractivity contribution in [1.82, 2.24) is 14.5 Å². The molecular weight excluding hydrogens is 464 g/mol. The van der Waals surface area contributed by atoms with Gasteiger partial charge < -0.3 is 14.8 Å². The number of ether oxygens (including phenoxy) is 2. The number of carbonyl (C=O) groups excluding carboxylic acids is 1. The Kier molecular flexibility index (Phi) is 6.81. The number of rotatable bonds is 7. The first-order valence-electron chi connectivity index (χ1n) is 9.78. The molecule has 0 aliphatic carbocycles. The van der Waals surface area contributed by atoms with Crippen molar-refractivity contribution in [2.75, 3.05) is 25.3 Å². The van der Waals surface area contributed by atoms with Gasteiger partial charge in [-0.15, -0.1) is 0 Å². The van der Waals surface area contributed by atoms with E-state index in [4.69, 9.17) is 21.1 Å². The van der Waals surface area contributed by atoms with Crippen LogP contribution in [0.1, 0.15) is 0 Å². The highest BCUT2D eigenvalue weighted by molar-refractivity contribution is 7.99. The molecule has 0 fully saturated rings. The summed E-state index contributed by atoms with van der Waals surface area (Å²) >= 11 is 7.15. The largest absolute Gasteiger partial charge is 0.497 e. The minimum atomic E-state index is -0.312. The molecule has 0 saturated carbocycles. The van der Waals surface area contributed by atoms with Crippen LogP contribution < -0.4 is 20.3 Å². The maximum atomic E-state index is 13.3. The first-order valence-corrected chi connectivity index (χ1v) is 11.1. The van der Waals surface area contributed by atoms with E-state index in [-0.39, 0.29) is 17.2 Å². The third-order valence-electron chi connectivity index (χ3n) is 4.69. The summed E-state index contributed by atoms with van der Waals surface area (Å²) in [5, 5.41) is 3.95. The zero-order valence-electron chi connectivity index (χ0n) is 17.7. The van der Waals surface area contributed by atoms with Gasteiger partial charge >= 0.3 is 0 Å². The average Bonchev–Trinajstić information content (AvgIpc) is 2.83. The van der Waals surface area contributed by atoms with Gasteiger partial charge in [-0.25, -0.2) is 9.97 Å². The summed E-state index contributed by atoms with van der Waals surface area (Å²) in [6, 6.07) is 15.4. The fourth-order valence-electron chi connectivity index (χ4n) is 3.17. The number of nitrogens with zero attached hydrogens (tertiary/aromatic N) is 3. The van der Waals surface area contributed by atoms with Crippen LogP contribution in [0.3, 0.4) is 0 Å². The predicted octanol–water partition coefficient (Wildman–Crippen LogP) is 4.18. The van der Waals surface area contributed by atoms with Gasteiger partial charge in [-0.1, -0.05) is 29.4 Å². The lowest BCUT2D eigenvalue weighted by atomic mass is 10.3. The number of halogens is 1. The van der Waals surface area contributed by atoms with Gasteiger partial charge in [0.15, 0.2) is 10.8 Å². The number of thioether (sulfide) groups is 1. The van der Waals surface area contributed by atoms with Crippen LogP contribution in [0.5, 0.6) is 11.5 Å². The Morgan fingerprint density at radius 2 is 1.97 bits per heavy atom. The molecule has 10 heteroatoms. The lowest BCUT2D eigenvalue weighted by molar-refractivity contribution is -0.113. The molecule has 8 nitrogen and oxygen atoms in total. The quantitative estimate of drug-likeness (QED) is 0.312. The van der Waals surface area contributed by atoms with E-state index in [1.165, 1.54) is 11.7 Å². The zero-order chi connectivity index (χ0) is 23.4. The molecule has 0 unspecified atom stereocenters. The summed E-state index contributed by atoms with van der Waals surface area (Å²) in [6.07, 6.45) is 1.57. The molecule has 0 saturated heterocycles. The van der Waals surface area contributed by atoms with Gasteiger partial charge in [0.1, 0.15) is 11.5 Å². The van der Waals surface area contributed by atoms with E-state index in [1.807, 2.05) is 0 Å². The molecule has 0 aliphatic rings. The lowest BCUT2D eigenvalue weighted by Crippen LogP contribution is -2.23. The highest BCUT2D eigenvalue weighted by Gasteiger charge is 2.16. The smallest absolute Gasteiger partial charge is 0.268 e. The van der Waals surface area contributed by atoms with Gasteiger partial charge in [0.2, 0.25) is 5.91 Å². The van der Waals surface area contributed by atoms with Crippen molar-refractivity contribution in [3.8, 4) is 17.2 Å². The van der Waals surface area contributed by atoms with E-state index in [9.17, 15) is 9.59 Å². The summed E-state index contributed by atoms with van der Waals surface area (Å²) in [4.78, 5) is 34.7. The number of pyridine rings is 1. The third kappa shape index (κ3) is 4.94. The Labute approximate surface area is 198 Å². The number of benzene rings is 2. The summed E-state index contributed by atoms with van der Waals surface area (Å²) in [5.74, 6) is 0.754. The fourth-order valence-corrected chi connectivity index (χ4v) is 4.14. The standard InChI is InChI=1S/C23H19ClN4O4S/c1-31-16-6-3-5-15(12-16)28-22(30)17-7-4-10-25-21(17)27-23(28)33-13-20(29)26-18-11-14(24)8-9-19(18)32-2/h3-12H,13H2,1-2H3,(H,26,29). The molecule has 0 bridgehead atoms. The monoisotopic (exact) mass is 482 g/mol. The van der Waals surface area contributed by atoms with Crippen molar-refractivity contribution in [3.63, 3.8) is 0 Å². The summed E-state index contributed by atoms with van der Waals surface area (Å²) in [6.45, 7) is 0. The van der Waals surface area contributed by atoms with Gasteiger partial charge in [-0.05, 0) is 42.5 Å². The number of nitrogens with one attached hydrogen (secondary N) is 1. The molecule has 0 atom stereocenters. The van der Waals surface area contributed by atoms with E-state index in [1.54, 1.807) is 67.9 Å². The maximum absolute atomic E-state index is 13.3. The van der Waals surface area contributed by atoms with Gasteiger partial charge in [-0.2, -0.15) is 0 Å². The molecular formula is C23H19ClN4O4S. The Morgan fingerprint density at radius 1 is 1.12 bits per heavy atom. The van der Waals surface area contributed by atoms with E-state index >= 15 is 0 Å². The Bertz CT molecular complexity index is 1390. The van der Waals surface area contributed by atoms with Crippen molar-refractivity contribution in [2.45, 2.75) is 5.16 Å². The van der Waals surface area contributed by atoms with E-state index in [0.29, 0.717) is 44.1 Å². The number of aromatic nitrogens is 3. The van der Waals surface area contributed by atoms with Crippen molar-refractivity contribution in [2.24, 2.45) is 0 Å². The van der Waals surface area contributed by atoms with Crippen molar-refractivity contribution >= 4 is 46.0 Å². The van der Waals surface area contributed by atoms with Gasteiger partial charge in [-0.3, -0.25) is 14.2 Å². The molecule has 2 heterocycles. The van der Waals surface area contributed by atoms with E-state index in [2.05, 4.69) is 15.3 Å². The Balaban J connectivity index is 1.68. The Hall–Kier alpha value is -3.56. The van der Waals surface area contributed by atoms with Crippen LogP contribution in [0, 0.1) is 0 Å². The van der Waals surface area contributed by atoms with Crippen LogP contribution in [0.25, 0.3) is 16.7 Å². The molecule has 1 N–H and O–H groups in total. The van der Waals surface area contributed by atoms with Gasteiger partial charge in [0, 0.05) is 17.3 Å². The second kappa shape index (κ2) is 9.93. The molecule has 2 aromatic carbocycles. The number of carbonyl (C=O) groups is 1. The third-order valence-corrected chi connectivity index (χ3v) is 5.87. The molecule has 0 radical (unpaired) electrons. The van der Waals surface area contributed by atoms with Crippen LogP contribution >= 0.6 is 23.4 Å². The molecule has 33 heavy (non-hydrogen) atoms. The summed E-state index contributed by atoms with van der Waals surface area (Å²) in [7, 11) is 3.06. The van der Waals surface area contributed by atoms with Gasteiger partial charge in [0.25, 0.3) is 5.56 Å². The SMILES string of the molecule is COc1cccc(-n2c(SCC(=O)Nc3cc(Cl)ccc3OC)nc3ncccc3c2=O)c1. The summed E-state index contributed by atoms with van der Waals surface area (Å²) < 4.78 is 12.0.